The average molecular weight is 348 g/mol. The third-order valence-corrected chi connectivity index (χ3v) is 4.91. The van der Waals surface area contributed by atoms with Gasteiger partial charge in [0.25, 0.3) is 0 Å². The van der Waals surface area contributed by atoms with Crippen LogP contribution in [-0.2, 0) is 9.59 Å². The van der Waals surface area contributed by atoms with Gasteiger partial charge in [-0.1, -0.05) is 42.5 Å². The first-order valence-corrected chi connectivity index (χ1v) is 8.96. The fourth-order valence-electron chi connectivity index (χ4n) is 3.12. The standard InChI is InChI=1S/C22H24N2O2/c1-17(19-7-4-3-5-8-19)23(2)21(25)15-12-18-10-13-20(14-11-18)24-16-6-9-22(24)26/h3-5,7-8,10-15,17H,6,9,16H2,1-2H3/b15-12+. The highest BCUT2D eigenvalue weighted by Gasteiger charge is 2.21. The van der Waals surface area contributed by atoms with Crippen LogP contribution in [0.1, 0.15) is 36.9 Å². The molecule has 1 saturated heterocycles. The molecule has 2 aromatic rings. The molecule has 0 saturated carbocycles. The first kappa shape index (κ1) is 17.9. The SMILES string of the molecule is CC(c1ccccc1)N(C)C(=O)/C=C/c1ccc(N2CCCC2=O)cc1. The molecule has 1 fully saturated rings. The van der Waals surface area contributed by atoms with Crippen molar-refractivity contribution in [3.05, 3.63) is 71.8 Å². The van der Waals surface area contributed by atoms with Gasteiger partial charge in [0.15, 0.2) is 0 Å². The van der Waals surface area contributed by atoms with Crippen LogP contribution in [0.15, 0.2) is 60.7 Å². The summed E-state index contributed by atoms with van der Waals surface area (Å²) in [6.45, 7) is 2.80. The third-order valence-electron chi connectivity index (χ3n) is 4.91. The second-order valence-corrected chi connectivity index (χ2v) is 6.61. The molecule has 3 rings (SSSR count). The van der Waals surface area contributed by atoms with Gasteiger partial charge in [0, 0.05) is 31.8 Å². The lowest BCUT2D eigenvalue weighted by Gasteiger charge is -2.24. The third kappa shape index (κ3) is 4.02. The molecule has 1 unspecified atom stereocenters. The Morgan fingerprint density at radius 1 is 1.12 bits per heavy atom. The smallest absolute Gasteiger partial charge is 0.246 e. The molecule has 134 valence electrons. The molecule has 2 amide bonds. The highest BCUT2D eigenvalue weighted by Crippen LogP contribution is 2.22. The van der Waals surface area contributed by atoms with Crippen LogP contribution in [0.25, 0.3) is 6.08 Å². The Labute approximate surface area is 154 Å². The number of nitrogens with zero attached hydrogens (tertiary/aromatic N) is 2. The second kappa shape index (κ2) is 8.00. The molecule has 4 nitrogen and oxygen atoms in total. The summed E-state index contributed by atoms with van der Waals surface area (Å²) in [6.07, 6.45) is 4.95. The second-order valence-electron chi connectivity index (χ2n) is 6.61. The van der Waals surface area contributed by atoms with Gasteiger partial charge in [-0.25, -0.2) is 0 Å². The van der Waals surface area contributed by atoms with E-state index in [0.717, 1.165) is 29.8 Å². The molecule has 1 aliphatic rings. The van der Waals surface area contributed by atoms with Gasteiger partial charge in [-0.2, -0.15) is 0 Å². The monoisotopic (exact) mass is 348 g/mol. The lowest BCUT2D eigenvalue weighted by atomic mass is 10.1. The Bertz CT molecular complexity index is 797. The molecule has 0 bridgehead atoms. The Balaban J connectivity index is 1.63. The summed E-state index contributed by atoms with van der Waals surface area (Å²) < 4.78 is 0. The van der Waals surface area contributed by atoms with E-state index >= 15 is 0 Å². The normalized spacial score (nSPS) is 15.5. The molecule has 1 heterocycles. The average Bonchev–Trinajstić information content (AvgIpc) is 3.12. The van der Waals surface area contributed by atoms with E-state index in [-0.39, 0.29) is 17.9 Å². The Morgan fingerprint density at radius 3 is 2.42 bits per heavy atom. The van der Waals surface area contributed by atoms with Gasteiger partial charge in [-0.15, -0.1) is 0 Å². The van der Waals surface area contributed by atoms with E-state index in [1.807, 2.05) is 79.5 Å². The van der Waals surface area contributed by atoms with E-state index in [0.29, 0.717) is 6.42 Å². The molecule has 1 atom stereocenters. The fourth-order valence-corrected chi connectivity index (χ4v) is 3.12. The highest BCUT2D eigenvalue weighted by atomic mass is 16.2. The van der Waals surface area contributed by atoms with Crippen molar-refractivity contribution in [2.45, 2.75) is 25.8 Å². The number of amides is 2. The maximum Gasteiger partial charge on any atom is 0.246 e. The van der Waals surface area contributed by atoms with Crippen LogP contribution in [0.5, 0.6) is 0 Å². The van der Waals surface area contributed by atoms with Crippen molar-refractivity contribution in [2.24, 2.45) is 0 Å². The van der Waals surface area contributed by atoms with E-state index in [1.165, 1.54) is 0 Å². The summed E-state index contributed by atoms with van der Waals surface area (Å²) in [5.74, 6) is 0.139. The van der Waals surface area contributed by atoms with E-state index in [2.05, 4.69) is 0 Å². The zero-order valence-corrected chi connectivity index (χ0v) is 15.3. The Kier molecular flexibility index (Phi) is 5.52. The van der Waals surface area contributed by atoms with Crippen molar-refractivity contribution in [2.75, 3.05) is 18.5 Å². The lowest BCUT2D eigenvalue weighted by molar-refractivity contribution is -0.126. The summed E-state index contributed by atoms with van der Waals surface area (Å²) in [5, 5.41) is 0. The molecule has 0 spiro atoms. The van der Waals surface area contributed by atoms with Gasteiger partial charge in [-0.3, -0.25) is 9.59 Å². The zero-order valence-electron chi connectivity index (χ0n) is 15.3. The van der Waals surface area contributed by atoms with E-state index in [9.17, 15) is 9.59 Å². The first-order chi connectivity index (χ1) is 12.6. The fraction of sp³-hybridized carbons (Fsp3) is 0.273. The first-order valence-electron chi connectivity index (χ1n) is 8.96. The molecule has 4 heteroatoms. The van der Waals surface area contributed by atoms with Crippen LogP contribution in [0.2, 0.25) is 0 Å². The number of likely N-dealkylation sites (N-methyl/N-ethyl adjacent to an activating group) is 1. The molecule has 2 aromatic carbocycles. The summed E-state index contributed by atoms with van der Waals surface area (Å²) in [4.78, 5) is 27.8. The van der Waals surface area contributed by atoms with Crippen LogP contribution in [0.4, 0.5) is 5.69 Å². The summed E-state index contributed by atoms with van der Waals surface area (Å²) in [7, 11) is 1.81. The van der Waals surface area contributed by atoms with Crippen molar-refractivity contribution in [1.29, 1.82) is 0 Å². The molecule has 0 radical (unpaired) electrons. The molecule has 1 aliphatic heterocycles. The van der Waals surface area contributed by atoms with Gasteiger partial charge in [0.05, 0.1) is 6.04 Å². The van der Waals surface area contributed by atoms with Crippen molar-refractivity contribution in [3.8, 4) is 0 Å². The minimum atomic E-state index is -0.0415. The van der Waals surface area contributed by atoms with Crippen LogP contribution < -0.4 is 4.90 Å². The Morgan fingerprint density at radius 2 is 1.81 bits per heavy atom. The number of hydrogen-bond donors (Lipinski definition) is 0. The highest BCUT2D eigenvalue weighted by molar-refractivity contribution is 5.95. The molecule has 26 heavy (non-hydrogen) atoms. The minimum absolute atomic E-state index is 0.0110. The van der Waals surface area contributed by atoms with Crippen molar-refractivity contribution < 1.29 is 9.59 Å². The van der Waals surface area contributed by atoms with Crippen LogP contribution >= 0.6 is 0 Å². The molecule has 0 aromatic heterocycles. The molecular weight excluding hydrogens is 324 g/mol. The van der Waals surface area contributed by atoms with Gasteiger partial charge >= 0.3 is 0 Å². The maximum atomic E-state index is 12.4. The summed E-state index contributed by atoms with van der Waals surface area (Å²) in [6, 6.07) is 17.7. The van der Waals surface area contributed by atoms with Gasteiger partial charge < -0.3 is 9.80 Å². The molecular formula is C22H24N2O2. The minimum Gasteiger partial charge on any atom is -0.335 e. The summed E-state index contributed by atoms with van der Waals surface area (Å²) in [5.41, 5.74) is 2.97. The zero-order chi connectivity index (χ0) is 18.5. The van der Waals surface area contributed by atoms with E-state index in [4.69, 9.17) is 0 Å². The topological polar surface area (TPSA) is 40.6 Å². The quantitative estimate of drug-likeness (QED) is 0.765. The van der Waals surface area contributed by atoms with Crippen molar-refractivity contribution in [1.82, 2.24) is 4.90 Å². The molecule has 0 N–H and O–H groups in total. The maximum absolute atomic E-state index is 12.4. The number of carbonyl (C=O) groups is 2. The number of carbonyl (C=O) groups excluding carboxylic acids is 2. The number of rotatable bonds is 5. The number of anilines is 1. The summed E-state index contributed by atoms with van der Waals surface area (Å²) >= 11 is 0. The van der Waals surface area contributed by atoms with Gasteiger partial charge in [-0.05, 0) is 42.7 Å². The molecule has 0 aliphatic carbocycles. The van der Waals surface area contributed by atoms with Crippen LogP contribution in [0.3, 0.4) is 0 Å². The van der Waals surface area contributed by atoms with Crippen molar-refractivity contribution >= 4 is 23.6 Å². The van der Waals surface area contributed by atoms with Gasteiger partial charge in [0.1, 0.15) is 0 Å². The van der Waals surface area contributed by atoms with Gasteiger partial charge in [0.2, 0.25) is 11.8 Å². The predicted octanol–water partition coefficient (Wildman–Crippen LogP) is 4.05. The number of benzene rings is 2. The van der Waals surface area contributed by atoms with Crippen LogP contribution in [-0.4, -0.2) is 30.3 Å². The van der Waals surface area contributed by atoms with E-state index in [1.54, 1.807) is 11.0 Å². The largest absolute Gasteiger partial charge is 0.335 e. The predicted molar refractivity (Wildman–Crippen MR) is 105 cm³/mol. The lowest BCUT2D eigenvalue weighted by Crippen LogP contribution is -2.27. The van der Waals surface area contributed by atoms with E-state index < -0.39 is 0 Å². The van der Waals surface area contributed by atoms with Crippen molar-refractivity contribution in [3.63, 3.8) is 0 Å². The number of hydrogen-bond acceptors (Lipinski definition) is 2. The van der Waals surface area contributed by atoms with Crippen LogP contribution in [0, 0.1) is 0 Å². The Hall–Kier alpha value is -2.88.